The molecule has 0 aliphatic carbocycles. The van der Waals surface area contributed by atoms with Crippen LogP contribution in [0.5, 0.6) is 0 Å². The Kier molecular flexibility index (Phi) is 11.7. The first kappa shape index (κ1) is 27.8. The highest BCUT2D eigenvalue weighted by Crippen LogP contribution is 2.35. The summed E-state index contributed by atoms with van der Waals surface area (Å²) in [6.45, 7) is 24.3. The smallest absolute Gasteiger partial charge is 0.0176 e. The lowest BCUT2D eigenvalue weighted by atomic mass is 9.71. The van der Waals surface area contributed by atoms with E-state index in [4.69, 9.17) is 17.2 Å². The minimum absolute atomic E-state index is 0.0311. The molecule has 0 aliphatic rings. The molecule has 6 heteroatoms. The van der Waals surface area contributed by atoms with E-state index in [1.165, 1.54) is 0 Å². The van der Waals surface area contributed by atoms with Crippen molar-refractivity contribution in [2.45, 2.75) is 91.3 Å². The molecule has 0 unspecified atom stereocenters. The first-order chi connectivity index (χ1) is 12.7. The van der Waals surface area contributed by atoms with Gasteiger partial charge in [-0.2, -0.15) is 0 Å². The summed E-state index contributed by atoms with van der Waals surface area (Å²) in [5.74, 6) is 0. The van der Waals surface area contributed by atoms with Gasteiger partial charge in [0.15, 0.2) is 0 Å². The van der Waals surface area contributed by atoms with Crippen molar-refractivity contribution in [1.29, 1.82) is 0 Å². The molecule has 0 bridgehead atoms. The second-order valence-corrected chi connectivity index (χ2v) is 10.7. The van der Waals surface area contributed by atoms with Crippen molar-refractivity contribution in [3.05, 3.63) is 0 Å². The van der Waals surface area contributed by atoms with E-state index in [0.717, 1.165) is 45.4 Å². The summed E-state index contributed by atoms with van der Waals surface area (Å²) >= 11 is 0. The Morgan fingerprint density at radius 2 is 1.25 bits per heavy atom. The lowest BCUT2D eigenvalue weighted by molar-refractivity contribution is 0.0700. The number of hydrogen-bond acceptors (Lipinski definition) is 6. The quantitative estimate of drug-likeness (QED) is 0.271. The van der Waals surface area contributed by atoms with Crippen molar-refractivity contribution < 1.29 is 0 Å². The first-order valence-corrected chi connectivity index (χ1v) is 11.1. The largest absolute Gasteiger partial charge is 0.330 e. The van der Waals surface area contributed by atoms with Gasteiger partial charge in [-0.3, -0.25) is 4.90 Å². The molecule has 0 atom stereocenters. The molecule has 28 heavy (non-hydrogen) atoms. The molecule has 0 saturated heterocycles. The van der Waals surface area contributed by atoms with Crippen LogP contribution in [0.1, 0.15) is 74.7 Å². The normalized spacial score (nSPS) is 14.1. The van der Waals surface area contributed by atoms with E-state index >= 15 is 0 Å². The minimum atomic E-state index is 0.0311. The zero-order valence-electron chi connectivity index (χ0n) is 20.3. The van der Waals surface area contributed by atoms with Gasteiger partial charge in [0.2, 0.25) is 0 Å². The van der Waals surface area contributed by atoms with Crippen LogP contribution in [0.3, 0.4) is 0 Å². The fourth-order valence-corrected chi connectivity index (χ4v) is 3.54. The maximum atomic E-state index is 5.89. The molecule has 0 spiro atoms. The van der Waals surface area contributed by atoms with Gasteiger partial charge in [-0.25, -0.2) is 0 Å². The SMILES string of the molecule is CC(C)(CCNC(C)(C)C(C)(C)CCN(CCN)C(C)(C)CCN)NCCN. The van der Waals surface area contributed by atoms with E-state index in [0.29, 0.717) is 19.6 Å². The Balaban J connectivity index is 4.81. The molecular weight excluding hydrogens is 348 g/mol. The van der Waals surface area contributed by atoms with E-state index in [2.05, 4.69) is 70.9 Å². The average molecular weight is 401 g/mol. The van der Waals surface area contributed by atoms with Crippen molar-refractivity contribution >= 4 is 0 Å². The molecule has 0 radical (unpaired) electrons. The lowest BCUT2D eigenvalue weighted by Crippen LogP contribution is -2.55. The van der Waals surface area contributed by atoms with Crippen LogP contribution in [-0.2, 0) is 0 Å². The Labute approximate surface area is 175 Å². The maximum Gasteiger partial charge on any atom is 0.0176 e. The Morgan fingerprint density at radius 3 is 1.75 bits per heavy atom. The van der Waals surface area contributed by atoms with Gasteiger partial charge in [-0.15, -0.1) is 0 Å². The summed E-state index contributed by atoms with van der Waals surface area (Å²) in [5.41, 5.74) is 17.7. The molecule has 0 heterocycles. The van der Waals surface area contributed by atoms with Gasteiger partial charge < -0.3 is 27.8 Å². The van der Waals surface area contributed by atoms with Crippen LogP contribution in [0.2, 0.25) is 0 Å². The van der Waals surface area contributed by atoms with E-state index in [-0.39, 0.29) is 22.0 Å². The highest BCUT2D eigenvalue weighted by atomic mass is 15.2. The highest BCUT2D eigenvalue weighted by molar-refractivity contribution is 4.95. The van der Waals surface area contributed by atoms with E-state index in [9.17, 15) is 0 Å². The molecule has 0 amide bonds. The topological polar surface area (TPSA) is 105 Å². The average Bonchev–Trinajstić information content (AvgIpc) is 2.56. The number of hydrogen-bond donors (Lipinski definition) is 5. The predicted molar refractivity (Wildman–Crippen MR) is 125 cm³/mol. The summed E-state index contributed by atoms with van der Waals surface area (Å²) in [4.78, 5) is 2.51. The number of nitrogens with two attached hydrogens (primary N) is 3. The van der Waals surface area contributed by atoms with E-state index in [1.807, 2.05) is 0 Å². The van der Waals surface area contributed by atoms with Crippen LogP contribution in [-0.4, -0.2) is 67.3 Å². The third-order valence-electron chi connectivity index (χ3n) is 6.77. The summed E-state index contributed by atoms with van der Waals surface area (Å²) in [7, 11) is 0. The maximum absolute atomic E-state index is 5.89. The lowest BCUT2D eigenvalue weighted by Gasteiger charge is -2.46. The number of nitrogens with one attached hydrogen (secondary N) is 2. The predicted octanol–water partition coefficient (Wildman–Crippen LogP) is 1.88. The van der Waals surface area contributed by atoms with Gasteiger partial charge in [0.1, 0.15) is 0 Å². The third-order valence-corrected chi connectivity index (χ3v) is 6.77. The van der Waals surface area contributed by atoms with Gasteiger partial charge in [0, 0.05) is 42.8 Å². The molecule has 0 aromatic heterocycles. The minimum Gasteiger partial charge on any atom is -0.330 e. The molecule has 0 rings (SSSR count). The van der Waals surface area contributed by atoms with Crippen LogP contribution in [0.15, 0.2) is 0 Å². The zero-order valence-corrected chi connectivity index (χ0v) is 20.3. The van der Waals surface area contributed by atoms with Crippen molar-refractivity contribution in [2.75, 3.05) is 45.8 Å². The summed E-state index contributed by atoms with van der Waals surface area (Å²) in [6.07, 6.45) is 3.16. The monoisotopic (exact) mass is 400 g/mol. The Hall–Kier alpha value is -0.240. The van der Waals surface area contributed by atoms with Crippen molar-refractivity contribution in [3.8, 4) is 0 Å². The summed E-state index contributed by atoms with van der Waals surface area (Å²) in [6, 6.07) is 0. The molecule has 170 valence electrons. The fraction of sp³-hybridized carbons (Fsp3) is 1.00. The molecular formula is C22H52N6. The van der Waals surface area contributed by atoms with Gasteiger partial charge in [0.05, 0.1) is 0 Å². The van der Waals surface area contributed by atoms with Crippen LogP contribution < -0.4 is 27.8 Å². The van der Waals surface area contributed by atoms with Gasteiger partial charge in [0.25, 0.3) is 0 Å². The second-order valence-electron chi connectivity index (χ2n) is 10.7. The van der Waals surface area contributed by atoms with Crippen LogP contribution in [0, 0.1) is 5.41 Å². The van der Waals surface area contributed by atoms with Crippen molar-refractivity contribution in [1.82, 2.24) is 15.5 Å². The van der Waals surface area contributed by atoms with Gasteiger partial charge in [-0.1, -0.05) is 13.8 Å². The van der Waals surface area contributed by atoms with Gasteiger partial charge in [-0.05, 0) is 85.9 Å². The fourth-order valence-electron chi connectivity index (χ4n) is 3.54. The molecule has 6 nitrogen and oxygen atoms in total. The first-order valence-electron chi connectivity index (χ1n) is 11.1. The van der Waals surface area contributed by atoms with Gasteiger partial charge >= 0.3 is 0 Å². The molecule has 0 fully saturated rings. The second kappa shape index (κ2) is 11.8. The summed E-state index contributed by atoms with van der Waals surface area (Å²) in [5, 5.41) is 7.34. The van der Waals surface area contributed by atoms with Crippen LogP contribution in [0.4, 0.5) is 0 Å². The molecule has 0 saturated carbocycles. The molecule has 8 N–H and O–H groups in total. The number of rotatable bonds is 16. The highest BCUT2D eigenvalue weighted by Gasteiger charge is 2.38. The van der Waals surface area contributed by atoms with Crippen LogP contribution >= 0.6 is 0 Å². The van der Waals surface area contributed by atoms with E-state index < -0.39 is 0 Å². The Bertz CT molecular complexity index is 417. The van der Waals surface area contributed by atoms with Crippen molar-refractivity contribution in [3.63, 3.8) is 0 Å². The molecule has 0 aliphatic heterocycles. The van der Waals surface area contributed by atoms with E-state index in [1.54, 1.807) is 0 Å². The Morgan fingerprint density at radius 1 is 0.643 bits per heavy atom. The van der Waals surface area contributed by atoms with Crippen LogP contribution in [0.25, 0.3) is 0 Å². The zero-order chi connectivity index (χ0) is 22.1. The summed E-state index contributed by atoms with van der Waals surface area (Å²) < 4.78 is 0. The molecule has 0 aromatic rings. The molecule has 0 aromatic carbocycles. The standard InChI is InChI=1S/C22H52N6/c1-19(2,11-17-28(18-14-25)21(5,6)9-12-23)22(7,8)27-15-10-20(3,4)26-16-13-24/h26-27H,9-18,23-25H2,1-8H3. The van der Waals surface area contributed by atoms with Crippen molar-refractivity contribution in [2.24, 2.45) is 22.6 Å². The number of nitrogens with zero attached hydrogens (tertiary/aromatic N) is 1. The third kappa shape index (κ3) is 9.51.